The molecule has 7 heteroatoms. The van der Waals surface area contributed by atoms with Gasteiger partial charge in [0, 0.05) is 37.1 Å². The van der Waals surface area contributed by atoms with E-state index in [9.17, 15) is 9.59 Å². The lowest BCUT2D eigenvalue weighted by molar-refractivity contribution is -0.129. The van der Waals surface area contributed by atoms with Gasteiger partial charge >= 0.3 is 6.03 Å². The van der Waals surface area contributed by atoms with Gasteiger partial charge in [-0.25, -0.2) is 4.79 Å². The smallest absolute Gasteiger partial charge is 0.317 e. The first-order valence-electron chi connectivity index (χ1n) is 9.34. The van der Waals surface area contributed by atoms with Crippen molar-refractivity contribution in [1.82, 2.24) is 15.1 Å². The van der Waals surface area contributed by atoms with Crippen LogP contribution in [0.2, 0.25) is 5.02 Å². The van der Waals surface area contributed by atoms with Crippen molar-refractivity contribution >= 4 is 35.3 Å². The molecule has 0 bridgehead atoms. The van der Waals surface area contributed by atoms with E-state index in [1.165, 1.54) is 31.0 Å². The van der Waals surface area contributed by atoms with Crippen molar-refractivity contribution in [2.24, 2.45) is 0 Å². The molecule has 1 aromatic carbocycles. The van der Waals surface area contributed by atoms with Crippen LogP contribution < -0.4 is 5.32 Å². The van der Waals surface area contributed by atoms with Gasteiger partial charge < -0.3 is 15.1 Å². The van der Waals surface area contributed by atoms with Crippen molar-refractivity contribution in [3.63, 3.8) is 0 Å². The van der Waals surface area contributed by atoms with Gasteiger partial charge in [-0.3, -0.25) is 4.79 Å². The maximum atomic E-state index is 12.4. The van der Waals surface area contributed by atoms with Crippen LogP contribution >= 0.6 is 23.4 Å². The van der Waals surface area contributed by atoms with Gasteiger partial charge in [-0.2, -0.15) is 0 Å². The van der Waals surface area contributed by atoms with Crippen LogP contribution in [-0.2, 0) is 4.79 Å². The molecule has 2 fully saturated rings. The monoisotopic (exact) mass is 395 g/mol. The minimum atomic E-state index is 0.0226. The molecule has 0 spiro atoms. The first-order chi connectivity index (χ1) is 12.6. The molecule has 1 saturated carbocycles. The van der Waals surface area contributed by atoms with E-state index in [2.05, 4.69) is 5.32 Å². The highest BCUT2D eigenvalue weighted by Gasteiger charge is 2.26. The summed E-state index contributed by atoms with van der Waals surface area (Å²) < 4.78 is 0. The molecule has 0 radical (unpaired) electrons. The summed E-state index contributed by atoms with van der Waals surface area (Å²) in [6, 6.07) is 7.90. The molecule has 1 N–H and O–H groups in total. The number of nitrogens with zero attached hydrogens (tertiary/aromatic N) is 2. The lowest BCUT2D eigenvalue weighted by Gasteiger charge is -2.36. The fourth-order valence-corrected chi connectivity index (χ4v) is 4.61. The van der Waals surface area contributed by atoms with Gasteiger partial charge in [-0.1, -0.05) is 43.0 Å². The normalized spacial score (nSPS) is 18.7. The van der Waals surface area contributed by atoms with Crippen LogP contribution in [0.5, 0.6) is 0 Å². The van der Waals surface area contributed by atoms with E-state index in [1.807, 2.05) is 34.1 Å². The molecule has 1 aromatic rings. The first kappa shape index (κ1) is 19.4. The lowest BCUT2D eigenvalue weighted by Crippen LogP contribution is -2.55. The Morgan fingerprint density at radius 2 is 1.69 bits per heavy atom. The number of benzene rings is 1. The SMILES string of the molecule is O=C(CSc1ccccc1Cl)N1CCN(C(=O)NC2CCCCC2)CC1. The summed E-state index contributed by atoms with van der Waals surface area (Å²) in [4.78, 5) is 29.4. The maximum absolute atomic E-state index is 12.4. The molecule has 3 rings (SSSR count). The average molecular weight is 396 g/mol. The van der Waals surface area contributed by atoms with Crippen LogP contribution in [0, 0.1) is 0 Å². The number of carbonyl (C=O) groups is 2. The molecule has 1 saturated heterocycles. The highest BCUT2D eigenvalue weighted by Crippen LogP contribution is 2.26. The van der Waals surface area contributed by atoms with Gasteiger partial charge in [0.25, 0.3) is 0 Å². The lowest BCUT2D eigenvalue weighted by atomic mass is 9.96. The van der Waals surface area contributed by atoms with Crippen molar-refractivity contribution in [2.45, 2.75) is 43.0 Å². The summed E-state index contributed by atoms with van der Waals surface area (Å²) in [6.07, 6.45) is 5.86. The number of amides is 3. The molecular weight excluding hydrogens is 370 g/mol. The molecule has 1 heterocycles. The molecule has 5 nitrogen and oxygen atoms in total. The highest BCUT2D eigenvalue weighted by molar-refractivity contribution is 8.00. The van der Waals surface area contributed by atoms with Gasteiger partial charge in [-0.05, 0) is 25.0 Å². The van der Waals surface area contributed by atoms with Crippen molar-refractivity contribution in [1.29, 1.82) is 0 Å². The Labute approximate surface area is 164 Å². The van der Waals surface area contributed by atoms with E-state index < -0.39 is 0 Å². The van der Waals surface area contributed by atoms with Gasteiger partial charge in [-0.15, -0.1) is 11.8 Å². The molecule has 1 aliphatic heterocycles. The second-order valence-corrected chi connectivity index (χ2v) is 8.30. The Hall–Kier alpha value is -1.40. The number of rotatable bonds is 4. The molecule has 2 aliphatic rings. The van der Waals surface area contributed by atoms with E-state index in [0.29, 0.717) is 43.0 Å². The van der Waals surface area contributed by atoms with Crippen molar-refractivity contribution in [3.05, 3.63) is 29.3 Å². The largest absolute Gasteiger partial charge is 0.338 e. The summed E-state index contributed by atoms with van der Waals surface area (Å²) in [6.45, 7) is 2.39. The Morgan fingerprint density at radius 3 is 2.38 bits per heavy atom. The van der Waals surface area contributed by atoms with E-state index in [1.54, 1.807) is 0 Å². The van der Waals surface area contributed by atoms with E-state index in [-0.39, 0.29) is 11.9 Å². The quantitative estimate of drug-likeness (QED) is 0.792. The second kappa shape index (κ2) is 9.51. The number of carbonyl (C=O) groups excluding carboxylic acids is 2. The predicted molar refractivity (Wildman–Crippen MR) is 106 cm³/mol. The molecule has 26 heavy (non-hydrogen) atoms. The van der Waals surface area contributed by atoms with Crippen LogP contribution in [0.3, 0.4) is 0 Å². The maximum Gasteiger partial charge on any atom is 0.317 e. The topological polar surface area (TPSA) is 52.7 Å². The Balaban J connectivity index is 1.40. The molecular formula is C19H26ClN3O2S. The van der Waals surface area contributed by atoms with Gasteiger partial charge in [0.05, 0.1) is 10.8 Å². The van der Waals surface area contributed by atoms with Crippen LogP contribution in [0.25, 0.3) is 0 Å². The number of halogens is 1. The number of nitrogens with one attached hydrogen (secondary N) is 1. The second-order valence-electron chi connectivity index (χ2n) is 6.87. The molecule has 0 unspecified atom stereocenters. The van der Waals surface area contributed by atoms with Crippen molar-refractivity contribution in [3.8, 4) is 0 Å². The molecule has 0 atom stereocenters. The van der Waals surface area contributed by atoms with E-state index >= 15 is 0 Å². The summed E-state index contributed by atoms with van der Waals surface area (Å²) in [7, 11) is 0. The zero-order chi connectivity index (χ0) is 18.4. The zero-order valence-corrected chi connectivity index (χ0v) is 16.5. The fourth-order valence-electron chi connectivity index (χ4n) is 3.46. The first-order valence-corrected chi connectivity index (χ1v) is 10.7. The number of piperazine rings is 1. The van der Waals surface area contributed by atoms with E-state index in [0.717, 1.165) is 17.7 Å². The third-order valence-electron chi connectivity index (χ3n) is 5.04. The van der Waals surface area contributed by atoms with Crippen LogP contribution in [0.15, 0.2) is 29.2 Å². The Kier molecular flexibility index (Phi) is 7.08. The zero-order valence-electron chi connectivity index (χ0n) is 15.0. The summed E-state index contributed by atoms with van der Waals surface area (Å²) in [5.74, 6) is 0.472. The summed E-state index contributed by atoms with van der Waals surface area (Å²) in [5, 5.41) is 3.83. The number of hydrogen-bond acceptors (Lipinski definition) is 3. The number of thioether (sulfide) groups is 1. The summed E-state index contributed by atoms with van der Waals surface area (Å²) in [5.41, 5.74) is 0. The standard InChI is InChI=1S/C19H26ClN3O2S/c20-16-8-4-5-9-17(16)26-14-18(24)22-10-12-23(13-11-22)19(25)21-15-6-2-1-3-7-15/h4-5,8-9,15H,1-3,6-7,10-14H2,(H,21,25). The third-order valence-corrected chi connectivity index (χ3v) is 6.54. The van der Waals surface area contributed by atoms with Gasteiger partial charge in [0.2, 0.25) is 5.91 Å². The van der Waals surface area contributed by atoms with E-state index in [4.69, 9.17) is 11.6 Å². The Morgan fingerprint density at radius 1 is 1.04 bits per heavy atom. The third kappa shape index (κ3) is 5.30. The van der Waals surface area contributed by atoms with Crippen LogP contribution in [0.1, 0.15) is 32.1 Å². The minimum absolute atomic E-state index is 0.0226. The minimum Gasteiger partial charge on any atom is -0.338 e. The predicted octanol–water partition coefficient (Wildman–Crippen LogP) is 3.62. The van der Waals surface area contributed by atoms with Crippen molar-refractivity contribution in [2.75, 3.05) is 31.9 Å². The fraction of sp³-hybridized carbons (Fsp3) is 0.579. The van der Waals surface area contributed by atoms with Crippen molar-refractivity contribution < 1.29 is 9.59 Å². The van der Waals surface area contributed by atoms with Crippen LogP contribution in [0.4, 0.5) is 4.79 Å². The molecule has 3 amide bonds. The molecule has 0 aromatic heterocycles. The summed E-state index contributed by atoms with van der Waals surface area (Å²) >= 11 is 7.59. The number of hydrogen-bond donors (Lipinski definition) is 1. The molecule has 142 valence electrons. The molecule has 1 aliphatic carbocycles. The van der Waals surface area contributed by atoms with Crippen LogP contribution in [-0.4, -0.2) is 59.7 Å². The number of urea groups is 1. The van der Waals surface area contributed by atoms with Gasteiger partial charge in [0.1, 0.15) is 0 Å². The average Bonchev–Trinajstić information content (AvgIpc) is 2.68. The Bertz CT molecular complexity index is 629. The highest BCUT2D eigenvalue weighted by atomic mass is 35.5. The van der Waals surface area contributed by atoms with Gasteiger partial charge in [0.15, 0.2) is 0 Å².